The highest BCUT2D eigenvalue weighted by atomic mass is 35.5. The van der Waals surface area contributed by atoms with Crippen molar-refractivity contribution >= 4 is 34.8 Å². The molecule has 2 amide bonds. The highest BCUT2D eigenvalue weighted by molar-refractivity contribution is 6.30. The fourth-order valence-electron chi connectivity index (χ4n) is 2.18. The number of anilines is 2. The molecule has 0 spiro atoms. The van der Waals surface area contributed by atoms with Crippen molar-refractivity contribution in [1.82, 2.24) is 4.90 Å². The summed E-state index contributed by atoms with van der Waals surface area (Å²) in [6.07, 6.45) is 0.359. The topological polar surface area (TPSA) is 61.4 Å². The van der Waals surface area contributed by atoms with Crippen LogP contribution in [0.1, 0.15) is 12.5 Å². The van der Waals surface area contributed by atoms with E-state index in [1.54, 1.807) is 50.2 Å². The zero-order chi connectivity index (χ0) is 18.4. The van der Waals surface area contributed by atoms with Gasteiger partial charge in [0.05, 0.1) is 6.42 Å². The van der Waals surface area contributed by atoms with Gasteiger partial charge in [0.25, 0.3) is 0 Å². The summed E-state index contributed by atoms with van der Waals surface area (Å²) in [5.41, 5.74) is 2.40. The Hall–Kier alpha value is -2.53. The lowest BCUT2D eigenvalue weighted by atomic mass is 10.1. The van der Waals surface area contributed by atoms with Crippen LogP contribution in [0.25, 0.3) is 0 Å². The second-order valence-electron chi connectivity index (χ2n) is 6.03. The minimum absolute atomic E-state index is 0.0509. The molecule has 5 nitrogen and oxygen atoms in total. The summed E-state index contributed by atoms with van der Waals surface area (Å²) >= 11 is 5.91. The zero-order valence-electron chi connectivity index (χ0n) is 14.5. The molecule has 0 saturated carbocycles. The minimum Gasteiger partial charge on any atom is -0.374 e. The first kappa shape index (κ1) is 18.8. The van der Waals surface area contributed by atoms with Crippen LogP contribution in [-0.2, 0) is 16.0 Å². The van der Waals surface area contributed by atoms with E-state index < -0.39 is 6.04 Å². The molecule has 25 heavy (non-hydrogen) atoms. The molecule has 0 aromatic heterocycles. The average molecular weight is 360 g/mol. The Labute approximate surface area is 153 Å². The number of carbonyl (C=O) groups excluding carboxylic acids is 2. The molecule has 1 atom stereocenters. The van der Waals surface area contributed by atoms with E-state index in [0.29, 0.717) is 17.1 Å². The Morgan fingerprint density at radius 3 is 2.36 bits per heavy atom. The minimum atomic E-state index is -0.423. The van der Waals surface area contributed by atoms with Gasteiger partial charge in [-0.25, -0.2) is 0 Å². The highest BCUT2D eigenvalue weighted by Gasteiger charge is 2.13. The lowest BCUT2D eigenvalue weighted by Gasteiger charge is -2.16. The van der Waals surface area contributed by atoms with Crippen molar-refractivity contribution in [3.8, 4) is 0 Å². The van der Waals surface area contributed by atoms with Gasteiger partial charge in [-0.2, -0.15) is 0 Å². The Bertz CT molecular complexity index is 745. The van der Waals surface area contributed by atoms with Crippen LogP contribution in [0.15, 0.2) is 48.5 Å². The maximum atomic E-state index is 12.2. The van der Waals surface area contributed by atoms with E-state index in [0.717, 1.165) is 11.3 Å². The van der Waals surface area contributed by atoms with Crippen molar-refractivity contribution in [2.24, 2.45) is 0 Å². The number of benzene rings is 2. The third-order valence-electron chi connectivity index (χ3n) is 3.68. The smallest absolute Gasteiger partial charge is 0.246 e. The molecule has 0 heterocycles. The summed E-state index contributed by atoms with van der Waals surface area (Å²) in [4.78, 5) is 25.5. The second kappa shape index (κ2) is 8.53. The van der Waals surface area contributed by atoms with E-state index in [-0.39, 0.29) is 11.8 Å². The van der Waals surface area contributed by atoms with E-state index >= 15 is 0 Å². The summed E-state index contributed by atoms with van der Waals surface area (Å²) in [5.74, 6) is -0.107. The summed E-state index contributed by atoms with van der Waals surface area (Å²) in [5, 5.41) is 6.53. The molecular weight excluding hydrogens is 338 g/mol. The number of carbonyl (C=O) groups is 2. The summed E-state index contributed by atoms with van der Waals surface area (Å²) in [7, 11) is 3.47. The van der Waals surface area contributed by atoms with Gasteiger partial charge < -0.3 is 15.5 Å². The number of hydrogen-bond donors (Lipinski definition) is 2. The van der Waals surface area contributed by atoms with Gasteiger partial charge in [0.15, 0.2) is 0 Å². The molecule has 6 heteroatoms. The first-order chi connectivity index (χ1) is 11.8. The van der Waals surface area contributed by atoms with Crippen molar-refractivity contribution in [3.05, 3.63) is 59.1 Å². The summed E-state index contributed by atoms with van der Waals surface area (Å²) in [6.45, 7) is 1.78. The van der Waals surface area contributed by atoms with Gasteiger partial charge in [-0.05, 0) is 42.8 Å². The van der Waals surface area contributed by atoms with Crippen molar-refractivity contribution in [2.45, 2.75) is 19.4 Å². The Morgan fingerprint density at radius 1 is 1.08 bits per heavy atom. The Morgan fingerprint density at radius 2 is 1.76 bits per heavy atom. The average Bonchev–Trinajstić information content (AvgIpc) is 2.56. The second-order valence-corrected chi connectivity index (χ2v) is 6.46. The van der Waals surface area contributed by atoms with Gasteiger partial charge in [0, 0.05) is 30.5 Å². The third kappa shape index (κ3) is 5.80. The van der Waals surface area contributed by atoms with Crippen molar-refractivity contribution in [1.29, 1.82) is 0 Å². The van der Waals surface area contributed by atoms with E-state index in [2.05, 4.69) is 10.6 Å². The van der Waals surface area contributed by atoms with Gasteiger partial charge in [0.2, 0.25) is 11.8 Å². The molecule has 132 valence electrons. The number of halogens is 1. The first-order valence-corrected chi connectivity index (χ1v) is 8.35. The van der Waals surface area contributed by atoms with Crippen LogP contribution in [0.2, 0.25) is 5.02 Å². The normalized spacial score (nSPS) is 11.5. The van der Waals surface area contributed by atoms with Gasteiger partial charge in [-0.3, -0.25) is 9.59 Å². The zero-order valence-corrected chi connectivity index (χ0v) is 15.3. The molecule has 0 bridgehead atoms. The lowest BCUT2D eigenvalue weighted by Crippen LogP contribution is -2.31. The number of amides is 2. The predicted molar refractivity (Wildman–Crippen MR) is 102 cm³/mol. The SMILES string of the molecule is C[C@H](Nc1ccc(CC(=O)N(C)C)cc1)C(=O)Nc1cccc(Cl)c1. The van der Waals surface area contributed by atoms with Crippen LogP contribution in [0.3, 0.4) is 0 Å². The predicted octanol–water partition coefficient (Wildman–Crippen LogP) is 3.41. The Balaban J connectivity index is 1.92. The van der Waals surface area contributed by atoms with Crippen LogP contribution in [0.4, 0.5) is 11.4 Å². The maximum Gasteiger partial charge on any atom is 0.246 e. The van der Waals surface area contributed by atoms with Crippen LogP contribution < -0.4 is 10.6 Å². The molecule has 0 aliphatic heterocycles. The van der Waals surface area contributed by atoms with Crippen molar-refractivity contribution < 1.29 is 9.59 Å². The molecule has 0 radical (unpaired) electrons. The number of rotatable bonds is 6. The third-order valence-corrected chi connectivity index (χ3v) is 3.91. The summed E-state index contributed by atoms with van der Waals surface area (Å²) in [6, 6.07) is 14.1. The van der Waals surface area contributed by atoms with Crippen molar-refractivity contribution in [3.63, 3.8) is 0 Å². The molecule has 0 unspecified atom stereocenters. The van der Waals surface area contributed by atoms with Gasteiger partial charge >= 0.3 is 0 Å². The first-order valence-electron chi connectivity index (χ1n) is 7.97. The fraction of sp³-hybridized carbons (Fsp3) is 0.263. The van der Waals surface area contributed by atoms with Crippen LogP contribution in [0.5, 0.6) is 0 Å². The highest BCUT2D eigenvalue weighted by Crippen LogP contribution is 2.16. The lowest BCUT2D eigenvalue weighted by molar-refractivity contribution is -0.128. The maximum absolute atomic E-state index is 12.2. The van der Waals surface area contributed by atoms with E-state index in [1.165, 1.54) is 0 Å². The summed E-state index contributed by atoms with van der Waals surface area (Å²) < 4.78 is 0. The molecule has 0 aliphatic rings. The molecule has 0 saturated heterocycles. The van der Waals surface area contributed by atoms with Crippen LogP contribution in [0, 0.1) is 0 Å². The molecule has 0 fully saturated rings. The number of likely N-dealkylation sites (N-methyl/N-ethyl adjacent to an activating group) is 1. The standard InChI is InChI=1S/C19H22ClN3O2/c1-13(19(25)22-17-6-4-5-15(20)12-17)21-16-9-7-14(8-10-16)11-18(24)23(2)3/h4-10,12-13,21H,11H2,1-3H3,(H,22,25)/t13-/m0/s1. The monoisotopic (exact) mass is 359 g/mol. The van der Waals surface area contributed by atoms with Gasteiger partial charge in [0.1, 0.15) is 6.04 Å². The van der Waals surface area contributed by atoms with E-state index in [9.17, 15) is 9.59 Å². The number of nitrogens with zero attached hydrogens (tertiary/aromatic N) is 1. The number of nitrogens with one attached hydrogen (secondary N) is 2. The molecule has 0 aliphatic carbocycles. The molecule has 2 rings (SSSR count). The molecule has 2 N–H and O–H groups in total. The van der Waals surface area contributed by atoms with E-state index in [1.807, 2.05) is 24.3 Å². The molecule has 2 aromatic rings. The van der Waals surface area contributed by atoms with Crippen molar-refractivity contribution in [2.75, 3.05) is 24.7 Å². The van der Waals surface area contributed by atoms with Crippen LogP contribution in [-0.4, -0.2) is 36.9 Å². The molecule has 2 aromatic carbocycles. The fourth-order valence-corrected chi connectivity index (χ4v) is 2.37. The van der Waals surface area contributed by atoms with Gasteiger partial charge in [-0.1, -0.05) is 29.8 Å². The van der Waals surface area contributed by atoms with Crippen LogP contribution >= 0.6 is 11.6 Å². The quantitative estimate of drug-likeness (QED) is 0.830. The number of hydrogen-bond acceptors (Lipinski definition) is 3. The largest absolute Gasteiger partial charge is 0.374 e. The Kier molecular flexibility index (Phi) is 6.42. The van der Waals surface area contributed by atoms with Gasteiger partial charge in [-0.15, -0.1) is 0 Å². The molecular formula is C19H22ClN3O2. The van der Waals surface area contributed by atoms with E-state index in [4.69, 9.17) is 11.6 Å².